The van der Waals surface area contributed by atoms with Gasteiger partial charge in [-0.3, -0.25) is 4.79 Å². The van der Waals surface area contributed by atoms with E-state index in [0.717, 1.165) is 4.90 Å². The molecule has 2 aromatic carbocycles. The molecule has 3 nitrogen and oxygen atoms in total. The molecule has 0 spiro atoms. The Balaban J connectivity index is 1.81. The molecule has 3 N–H and O–H groups in total. The minimum Gasteiger partial charge on any atom is -0.399 e. The topological polar surface area (TPSA) is 55.1 Å². The zero-order valence-electron chi connectivity index (χ0n) is 11.1. The van der Waals surface area contributed by atoms with Gasteiger partial charge in [-0.15, -0.1) is 11.8 Å². The summed E-state index contributed by atoms with van der Waals surface area (Å²) in [5.41, 5.74) is 6.68. The number of hydrogen-bond acceptors (Lipinski definition) is 3. The molecule has 110 valence electrons. The molecule has 1 amide bonds. The summed E-state index contributed by atoms with van der Waals surface area (Å²) in [4.78, 5) is 12.7. The first-order chi connectivity index (χ1) is 10.0. The van der Waals surface area contributed by atoms with E-state index in [-0.39, 0.29) is 11.7 Å². The van der Waals surface area contributed by atoms with Gasteiger partial charge < -0.3 is 11.1 Å². The number of anilines is 2. The predicted octanol–water partition coefficient (Wildman–Crippen LogP) is 4.18. The second-order valence-electron chi connectivity index (χ2n) is 4.34. The van der Waals surface area contributed by atoms with Crippen LogP contribution in [0.2, 0.25) is 5.02 Å². The minimum atomic E-state index is -0.268. The number of hydrogen-bond donors (Lipinski definition) is 2. The van der Waals surface area contributed by atoms with Gasteiger partial charge in [-0.25, -0.2) is 4.39 Å². The number of benzene rings is 2. The molecular weight excluding hydrogens is 311 g/mol. The Labute approximate surface area is 131 Å². The van der Waals surface area contributed by atoms with E-state index in [0.29, 0.717) is 28.6 Å². The number of carbonyl (C=O) groups is 1. The van der Waals surface area contributed by atoms with E-state index in [1.807, 2.05) is 0 Å². The summed E-state index contributed by atoms with van der Waals surface area (Å²) in [6.45, 7) is 0. The fourth-order valence-corrected chi connectivity index (χ4v) is 2.73. The van der Waals surface area contributed by atoms with Crippen molar-refractivity contribution >= 4 is 40.6 Å². The number of amides is 1. The Morgan fingerprint density at radius 3 is 2.62 bits per heavy atom. The van der Waals surface area contributed by atoms with Crippen molar-refractivity contribution in [3.8, 4) is 0 Å². The molecule has 2 rings (SSSR count). The van der Waals surface area contributed by atoms with E-state index in [4.69, 9.17) is 17.3 Å². The summed E-state index contributed by atoms with van der Waals surface area (Å²) in [6.07, 6.45) is 0.336. The third kappa shape index (κ3) is 4.95. The number of nitrogens with one attached hydrogen (secondary N) is 1. The van der Waals surface area contributed by atoms with Crippen molar-refractivity contribution in [3.05, 3.63) is 53.3 Å². The van der Waals surface area contributed by atoms with Crippen molar-refractivity contribution < 1.29 is 9.18 Å². The summed E-state index contributed by atoms with van der Waals surface area (Å²) >= 11 is 7.48. The van der Waals surface area contributed by atoms with Gasteiger partial charge >= 0.3 is 0 Å². The van der Waals surface area contributed by atoms with Crippen molar-refractivity contribution in [2.45, 2.75) is 11.3 Å². The quantitative estimate of drug-likeness (QED) is 0.640. The average Bonchev–Trinajstić information content (AvgIpc) is 2.44. The molecule has 0 radical (unpaired) electrons. The van der Waals surface area contributed by atoms with Crippen LogP contribution >= 0.6 is 23.4 Å². The second kappa shape index (κ2) is 7.33. The molecule has 0 atom stereocenters. The smallest absolute Gasteiger partial charge is 0.225 e. The van der Waals surface area contributed by atoms with Crippen LogP contribution in [0.15, 0.2) is 47.4 Å². The molecule has 0 aromatic heterocycles. The summed E-state index contributed by atoms with van der Waals surface area (Å²) < 4.78 is 12.8. The first kappa shape index (κ1) is 15.7. The highest BCUT2D eigenvalue weighted by molar-refractivity contribution is 7.99. The number of carbonyl (C=O) groups excluding carboxylic acids is 1. The predicted molar refractivity (Wildman–Crippen MR) is 86.2 cm³/mol. The third-order valence-electron chi connectivity index (χ3n) is 2.68. The maximum atomic E-state index is 12.8. The van der Waals surface area contributed by atoms with E-state index in [1.54, 1.807) is 30.3 Å². The summed E-state index contributed by atoms with van der Waals surface area (Å²) in [6, 6.07) is 11.1. The molecule has 0 aliphatic carbocycles. The standard InChI is InChI=1S/C15H14ClFN2OS/c16-13-9-11(18)3-6-14(13)19-15(20)7-8-21-12-4-1-10(17)2-5-12/h1-6,9H,7-8,18H2,(H,19,20). The van der Waals surface area contributed by atoms with Crippen LogP contribution in [0.1, 0.15) is 6.42 Å². The van der Waals surface area contributed by atoms with Gasteiger partial charge in [0, 0.05) is 22.8 Å². The lowest BCUT2D eigenvalue weighted by Crippen LogP contribution is -2.12. The second-order valence-corrected chi connectivity index (χ2v) is 5.92. The molecule has 0 aliphatic heterocycles. The third-order valence-corrected chi connectivity index (χ3v) is 4.01. The lowest BCUT2D eigenvalue weighted by Gasteiger charge is -2.07. The van der Waals surface area contributed by atoms with Crippen molar-refractivity contribution in [2.75, 3.05) is 16.8 Å². The van der Waals surface area contributed by atoms with Gasteiger partial charge in [0.1, 0.15) is 5.82 Å². The van der Waals surface area contributed by atoms with E-state index < -0.39 is 0 Å². The molecule has 0 aliphatic rings. The number of thioether (sulfide) groups is 1. The molecule has 0 saturated heterocycles. The largest absolute Gasteiger partial charge is 0.399 e. The van der Waals surface area contributed by atoms with E-state index >= 15 is 0 Å². The van der Waals surface area contributed by atoms with Crippen molar-refractivity contribution in [3.63, 3.8) is 0 Å². The Hall–Kier alpha value is -1.72. The van der Waals surface area contributed by atoms with Gasteiger partial charge in [0.25, 0.3) is 0 Å². The Morgan fingerprint density at radius 2 is 1.95 bits per heavy atom. The van der Waals surface area contributed by atoms with Crippen LogP contribution in [0.5, 0.6) is 0 Å². The van der Waals surface area contributed by atoms with Crippen LogP contribution in [0.4, 0.5) is 15.8 Å². The molecule has 2 aromatic rings. The lowest BCUT2D eigenvalue weighted by molar-refractivity contribution is -0.115. The molecule has 6 heteroatoms. The normalized spacial score (nSPS) is 10.4. The highest BCUT2D eigenvalue weighted by Gasteiger charge is 2.06. The van der Waals surface area contributed by atoms with E-state index in [2.05, 4.69) is 5.32 Å². The zero-order valence-corrected chi connectivity index (χ0v) is 12.7. The van der Waals surface area contributed by atoms with Gasteiger partial charge in [-0.2, -0.15) is 0 Å². The van der Waals surface area contributed by atoms with Gasteiger partial charge in [0.2, 0.25) is 5.91 Å². The van der Waals surface area contributed by atoms with Crippen molar-refractivity contribution in [2.24, 2.45) is 0 Å². The Bertz CT molecular complexity index is 634. The lowest BCUT2D eigenvalue weighted by atomic mass is 10.3. The van der Waals surface area contributed by atoms with Crippen LogP contribution in [-0.4, -0.2) is 11.7 Å². The van der Waals surface area contributed by atoms with Crippen molar-refractivity contribution in [1.82, 2.24) is 0 Å². The number of halogens is 2. The first-order valence-corrected chi connectivity index (χ1v) is 7.64. The minimum absolute atomic E-state index is 0.128. The highest BCUT2D eigenvalue weighted by atomic mass is 35.5. The van der Waals surface area contributed by atoms with Crippen LogP contribution in [-0.2, 0) is 4.79 Å². The SMILES string of the molecule is Nc1ccc(NC(=O)CCSc2ccc(F)cc2)c(Cl)c1. The van der Waals surface area contributed by atoms with Crippen LogP contribution in [0.25, 0.3) is 0 Å². The molecule has 0 unspecified atom stereocenters. The molecular formula is C15H14ClFN2OS. The van der Waals surface area contributed by atoms with Gasteiger partial charge in [-0.1, -0.05) is 11.6 Å². The highest BCUT2D eigenvalue weighted by Crippen LogP contribution is 2.24. The van der Waals surface area contributed by atoms with Crippen LogP contribution in [0, 0.1) is 5.82 Å². The Kier molecular flexibility index (Phi) is 5.47. The van der Waals surface area contributed by atoms with Crippen molar-refractivity contribution in [1.29, 1.82) is 0 Å². The fraction of sp³-hybridized carbons (Fsp3) is 0.133. The molecule has 0 bridgehead atoms. The summed E-state index contributed by atoms with van der Waals surface area (Å²) in [5, 5.41) is 3.14. The Morgan fingerprint density at radius 1 is 1.24 bits per heavy atom. The number of rotatable bonds is 5. The summed E-state index contributed by atoms with van der Waals surface area (Å²) in [5.74, 6) is 0.204. The van der Waals surface area contributed by atoms with Gasteiger partial charge in [0.15, 0.2) is 0 Å². The fourth-order valence-electron chi connectivity index (χ4n) is 1.64. The average molecular weight is 325 g/mol. The molecule has 0 heterocycles. The number of nitrogens with two attached hydrogens (primary N) is 1. The van der Waals surface area contributed by atoms with E-state index in [1.165, 1.54) is 23.9 Å². The molecule has 0 fully saturated rings. The maximum absolute atomic E-state index is 12.8. The summed E-state index contributed by atoms with van der Waals surface area (Å²) in [7, 11) is 0. The van der Waals surface area contributed by atoms with Crippen LogP contribution in [0.3, 0.4) is 0 Å². The monoisotopic (exact) mass is 324 g/mol. The molecule has 0 saturated carbocycles. The van der Waals surface area contributed by atoms with Gasteiger partial charge in [0.05, 0.1) is 10.7 Å². The first-order valence-electron chi connectivity index (χ1n) is 6.28. The van der Waals surface area contributed by atoms with Crippen LogP contribution < -0.4 is 11.1 Å². The van der Waals surface area contributed by atoms with E-state index in [9.17, 15) is 9.18 Å². The molecule has 21 heavy (non-hydrogen) atoms. The zero-order chi connectivity index (χ0) is 15.2. The van der Waals surface area contributed by atoms with Gasteiger partial charge in [-0.05, 0) is 42.5 Å². The number of nitrogen functional groups attached to an aromatic ring is 1. The maximum Gasteiger partial charge on any atom is 0.225 e.